The molecule has 18 heavy (non-hydrogen) atoms. The van der Waals surface area contributed by atoms with Crippen molar-refractivity contribution < 1.29 is 14.7 Å². The molecule has 4 N–H and O–H groups in total. The minimum Gasteiger partial charge on any atom is -0.481 e. The molecule has 0 saturated heterocycles. The molecule has 0 aromatic rings. The Kier molecular flexibility index (Phi) is 9.28. The van der Waals surface area contributed by atoms with Gasteiger partial charge in [0.1, 0.15) is 0 Å². The van der Waals surface area contributed by atoms with Crippen molar-refractivity contribution in [2.24, 2.45) is 17.6 Å². The number of carboxylic acids is 1. The van der Waals surface area contributed by atoms with Gasteiger partial charge in [-0.1, -0.05) is 20.3 Å². The quantitative estimate of drug-likeness (QED) is 0.552. The average molecular weight is 258 g/mol. The van der Waals surface area contributed by atoms with Gasteiger partial charge in [-0.15, -0.1) is 0 Å². The van der Waals surface area contributed by atoms with Gasteiger partial charge < -0.3 is 16.2 Å². The number of carboxylic acid groups (broad SMARTS) is 1. The topological polar surface area (TPSA) is 92.4 Å². The van der Waals surface area contributed by atoms with Crippen LogP contribution in [0.4, 0.5) is 0 Å². The molecular weight excluding hydrogens is 232 g/mol. The van der Waals surface area contributed by atoms with E-state index in [1.807, 2.05) is 0 Å². The van der Waals surface area contributed by atoms with Gasteiger partial charge >= 0.3 is 5.97 Å². The van der Waals surface area contributed by atoms with E-state index in [0.29, 0.717) is 25.3 Å². The third kappa shape index (κ3) is 7.27. The summed E-state index contributed by atoms with van der Waals surface area (Å²) in [5, 5.41) is 11.5. The molecule has 106 valence electrons. The standard InChI is InChI=1S/C13H26N2O3/c1-3-10(7-8-14)5-6-12(16)15-9-11(4-2)13(17)18/h10-11H,3-9,14H2,1-2H3,(H,15,16)(H,17,18). The molecule has 0 aromatic heterocycles. The summed E-state index contributed by atoms with van der Waals surface area (Å²) in [6, 6.07) is 0. The van der Waals surface area contributed by atoms with Gasteiger partial charge in [0.25, 0.3) is 0 Å². The highest BCUT2D eigenvalue weighted by molar-refractivity contribution is 5.77. The van der Waals surface area contributed by atoms with Crippen molar-refractivity contribution in [2.75, 3.05) is 13.1 Å². The first-order valence-corrected chi connectivity index (χ1v) is 6.74. The predicted octanol–water partition coefficient (Wildman–Crippen LogP) is 1.37. The normalized spacial score (nSPS) is 13.9. The number of nitrogens with one attached hydrogen (secondary N) is 1. The van der Waals surface area contributed by atoms with Crippen LogP contribution in [0.25, 0.3) is 0 Å². The van der Waals surface area contributed by atoms with E-state index in [1.165, 1.54) is 0 Å². The van der Waals surface area contributed by atoms with Crippen LogP contribution >= 0.6 is 0 Å². The molecule has 0 aliphatic carbocycles. The largest absolute Gasteiger partial charge is 0.481 e. The van der Waals surface area contributed by atoms with Crippen molar-refractivity contribution in [3.8, 4) is 0 Å². The Labute approximate surface area is 109 Å². The van der Waals surface area contributed by atoms with Gasteiger partial charge in [0.05, 0.1) is 5.92 Å². The van der Waals surface area contributed by atoms with Gasteiger partial charge in [-0.2, -0.15) is 0 Å². The molecule has 0 fully saturated rings. The third-order valence-corrected chi connectivity index (χ3v) is 3.32. The lowest BCUT2D eigenvalue weighted by Crippen LogP contribution is -2.32. The van der Waals surface area contributed by atoms with Crippen molar-refractivity contribution in [1.29, 1.82) is 0 Å². The first-order chi connectivity index (χ1) is 8.54. The number of amides is 1. The Balaban J connectivity index is 3.86. The molecule has 0 aliphatic heterocycles. The summed E-state index contributed by atoms with van der Waals surface area (Å²) in [5.41, 5.74) is 5.50. The van der Waals surface area contributed by atoms with Crippen LogP contribution in [0.2, 0.25) is 0 Å². The highest BCUT2D eigenvalue weighted by atomic mass is 16.4. The van der Waals surface area contributed by atoms with Crippen LogP contribution < -0.4 is 11.1 Å². The molecule has 0 heterocycles. The molecule has 0 aliphatic rings. The zero-order chi connectivity index (χ0) is 14.0. The minimum absolute atomic E-state index is 0.0647. The number of carbonyl (C=O) groups is 2. The van der Waals surface area contributed by atoms with E-state index in [9.17, 15) is 9.59 Å². The molecule has 0 saturated carbocycles. The zero-order valence-electron chi connectivity index (χ0n) is 11.4. The first kappa shape index (κ1) is 16.9. The average Bonchev–Trinajstić information content (AvgIpc) is 2.34. The smallest absolute Gasteiger partial charge is 0.308 e. The summed E-state index contributed by atoms with van der Waals surface area (Å²) in [7, 11) is 0. The Morgan fingerprint density at radius 2 is 1.89 bits per heavy atom. The Hall–Kier alpha value is -1.10. The SMILES string of the molecule is CCC(CCN)CCC(=O)NCC(CC)C(=O)O. The highest BCUT2D eigenvalue weighted by Gasteiger charge is 2.16. The lowest BCUT2D eigenvalue weighted by molar-refractivity contribution is -0.141. The van der Waals surface area contributed by atoms with E-state index in [0.717, 1.165) is 19.3 Å². The number of nitrogens with two attached hydrogens (primary N) is 1. The van der Waals surface area contributed by atoms with E-state index in [1.54, 1.807) is 6.92 Å². The molecule has 0 bridgehead atoms. The summed E-state index contributed by atoms with van der Waals surface area (Å²) >= 11 is 0. The molecular formula is C13H26N2O3. The van der Waals surface area contributed by atoms with Gasteiger partial charge in [-0.25, -0.2) is 0 Å². The molecule has 0 spiro atoms. The van der Waals surface area contributed by atoms with Gasteiger partial charge in [0.2, 0.25) is 5.91 Å². The summed E-state index contributed by atoms with van der Waals surface area (Å²) in [5.74, 6) is -0.917. The summed E-state index contributed by atoms with van der Waals surface area (Å²) in [6.07, 6.45) is 3.77. The minimum atomic E-state index is -0.854. The van der Waals surface area contributed by atoms with Crippen LogP contribution in [0.5, 0.6) is 0 Å². The maximum atomic E-state index is 11.6. The Morgan fingerprint density at radius 3 is 2.33 bits per heavy atom. The molecule has 1 amide bonds. The van der Waals surface area contributed by atoms with Crippen LogP contribution in [-0.4, -0.2) is 30.1 Å². The van der Waals surface area contributed by atoms with Crippen molar-refractivity contribution in [2.45, 2.75) is 46.0 Å². The van der Waals surface area contributed by atoms with E-state index in [-0.39, 0.29) is 12.5 Å². The molecule has 2 atom stereocenters. The monoisotopic (exact) mass is 258 g/mol. The van der Waals surface area contributed by atoms with Crippen LogP contribution in [0, 0.1) is 11.8 Å². The fourth-order valence-electron chi connectivity index (χ4n) is 1.86. The fraction of sp³-hybridized carbons (Fsp3) is 0.846. The third-order valence-electron chi connectivity index (χ3n) is 3.32. The number of carbonyl (C=O) groups excluding carboxylic acids is 1. The summed E-state index contributed by atoms with van der Waals surface area (Å²) in [6.45, 7) is 4.77. The second kappa shape index (κ2) is 9.88. The first-order valence-electron chi connectivity index (χ1n) is 6.74. The second-order valence-electron chi connectivity index (χ2n) is 4.64. The van der Waals surface area contributed by atoms with Crippen LogP contribution in [0.15, 0.2) is 0 Å². The highest BCUT2D eigenvalue weighted by Crippen LogP contribution is 2.14. The molecule has 5 heteroatoms. The molecule has 0 radical (unpaired) electrons. The second-order valence-corrected chi connectivity index (χ2v) is 4.64. The number of hydrogen-bond acceptors (Lipinski definition) is 3. The van der Waals surface area contributed by atoms with E-state index in [4.69, 9.17) is 10.8 Å². The van der Waals surface area contributed by atoms with Crippen LogP contribution in [0.1, 0.15) is 46.0 Å². The van der Waals surface area contributed by atoms with E-state index < -0.39 is 11.9 Å². The van der Waals surface area contributed by atoms with Crippen LogP contribution in [-0.2, 0) is 9.59 Å². The fourth-order valence-corrected chi connectivity index (χ4v) is 1.86. The van der Waals surface area contributed by atoms with E-state index in [2.05, 4.69) is 12.2 Å². The van der Waals surface area contributed by atoms with Gasteiger partial charge in [-0.05, 0) is 31.7 Å². The Morgan fingerprint density at radius 1 is 1.22 bits per heavy atom. The number of rotatable bonds is 10. The number of hydrogen-bond donors (Lipinski definition) is 3. The lowest BCUT2D eigenvalue weighted by Gasteiger charge is -2.14. The lowest BCUT2D eigenvalue weighted by atomic mass is 9.96. The maximum Gasteiger partial charge on any atom is 0.308 e. The molecule has 0 rings (SSSR count). The van der Waals surface area contributed by atoms with Crippen molar-refractivity contribution in [3.05, 3.63) is 0 Å². The zero-order valence-corrected chi connectivity index (χ0v) is 11.4. The summed E-state index contributed by atoms with van der Waals surface area (Å²) < 4.78 is 0. The van der Waals surface area contributed by atoms with Gasteiger partial charge in [0, 0.05) is 13.0 Å². The van der Waals surface area contributed by atoms with Crippen molar-refractivity contribution in [1.82, 2.24) is 5.32 Å². The van der Waals surface area contributed by atoms with Gasteiger partial charge in [-0.3, -0.25) is 9.59 Å². The molecule has 5 nitrogen and oxygen atoms in total. The Bertz CT molecular complexity index is 257. The van der Waals surface area contributed by atoms with Crippen molar-refractivity contribution >= 4 is 11.9 Å². The molecule has 2 unspecified atom stereocenters. The molecule has 0 aromatic carbocycles. The number of aliphatic carboxylic acids is 1. The summed E-state index contributed by atoms with van der Waals surface area (Å²) in [4.78, 5) is 22.4. The van der Waals surface area contributed by atoms with Crippen molar-refractivity contribution in [3.63, 3.8) is 0 Å². The van der Waals surface area contributed by atoms with Crippen LogP contribution in [0.3, 0.4) is 0 Å². The predicted molar refractivity (Wildman–Crippen MR) is 71.1 cm³/mol. The van der Waals surface area contributed by atoms with Gasteiger partial charge in [0.15, 0.2) is 0 Å². The maximum absolute atomic E-state index is 11.6. The van der Waals surface area contributed by atoms with E-state index >= 15 is 0 Å².